The predicted molar refractivity (Wildman–Crippen MR) is 79.3 cm³/mol. The molecule has 1 fully saturated rings. The highest BCUT2D eigenvalue weighted by molar-refractivity contribution is 7.89. The van der Waals surface area contributed by atoms with Gasteiger partial charge in [-0.15, -0.1) is 0 Å². The maximum Gasteiger partial charge on any atom is 0.293 e. The Balaban J connectivity index is 2.31. The first-order valence-electron chi connectivity index (χ1n) is 6.81. The number of hydrogen-bond acceptors (Lipinski definition) is 5. The van der Waals surface area contributed by atoms with Crippen molar-refractivity contribution in [3.63, 3.8) is 0 Å². The van der Waals surface area contributed by atoms with Gasteiger partial charge in [-0.2, -0.15) is 0 Å². The van der Waals surface area contributed by atoms with Crippen LogP contribution in [-0.2, 0) is 10.0 Å². The van der Waals surface area contributed by atoms with Crippen molar-refractivity contribution in [3.05, 3.63) is 28.3 Å². The van der Waals surface area contributed by atoms with Gasteiger partial charge < -0.3 is 5.73 Å². The van der Waals surface area contributed by atoms with Crippen LogP contribution >= 0.6 is 0 Å². The van der Waals surface area contributed by atoms with E-state index in [0.717, 1.165) is 38.2 Å². The van der Waals surface area contributed by atoms with E-state index >= 15 is 0 Å². The summed E-state index contributed by atoms with van der Waals surface area (Å²) in [6.45, 7) is 1.87. The summed E-state index contributed by atoms with van der Waals surface area (Å²) in [5, 5.41) is 10.9. The average molecular weight is 313 g/mol. The van der Waals surface area contributed by atoms with Crippen molar-refractivity contribution in [2.75, 3.05) is 5.73 Å². The fourth-order valence-electron chi connectivity index (χ4n) is 2.67. The van der Waals surface area contributed by atoms with E-state index in [9.17, 15) is 18.5 Å². The summed E-state index contributed by atoms with van der Waals surface area (Å²) >= 11 is 0. The molecule has 1 saturated carbocycles. The molecule has 0 heterocycles. The Kier molecular flexibility index (Phi) is 4.20. The first-order chi connectivity index (χ1) is 9.73. The van der Waals surface area contributed by atoms with Crippen molar-refractivity contribution in [2.24, 2.45) is 0 Å². The second kappa shape index (κ2) is 5.61. The number of anilines is 1. The van der Waals surface area contributed by atoms with Crippen molar-refractivity contribution >= 4 is 21.4 Å². The summed E-state index contributed by atoms with van der Waals surface area (Å²) in [6, 6.07) is 3.54. The van der Waals surface area contributed by atoms with E-state index in [1.165, 1.54) is 12.1 Å². The molecule has 0 spiro atoms. The van der Waals surface area contributed by atoms with Gasteiger partial charge in [0.1, 0.15) is 5.69 Å². The maximum atomic E-state index is 12.4. The minimum absolute atomic E-state index is 0.0529. The van der Waals surface area contributed by atoms with Crippen molar-refractivity contribution in [2.45, 2.75) is 49.5 Å². The van der Waals surface area contributed by atoms with E-state index in [1.807, 2.05) is 6.92 Å². The second-order valence-electron chi connectivity index (χ2n) is 5.70. The Morgan fingerprint density at radius 1 is 1.29 bits per heavy atom. The minimum atomic E-state index is -3.80. The molecule has 0 aliphatic heterocycles. The van der Waals surface area contributed by atoms with E-state index in [0.29, 0.717) is 0 Å². The van der Waals surface area contributed by atoms with Crippen LogP contribution in [0.1, 0.15) is 39.0 Å². The summed E-state index contributed by atoms with van der Waals surface area (Å²) in [5.74, 6) is 0. The monoisotopic (exact) mass is 313 g/mol. The van der Waals surface area contributed by atoms with Gasteiger partial charge in [-0.05, 0) is 31.9 Å². The third-order valence-corrected chi connectivity index (χ3v) is 5.48. The van der Waals surface area contributed by atoms with Crippen LogP contribution < -0.4 is 10.5 Å². The first kappa shape index (κ1) is 15.7. The highest BCUT2D eigenvalue weighted by Crippen LogP contribution is 2.30. The lowest BCUT2D eigenvalue weighted by Crippen LogP contribution is -2.47. The van der Waals surface area contributed by atoms with Crippen molar-refractivity contribution < 1.29 is 13.3 Å². The van der Waals surface area contributed by atoms with Crippen LogP contribution in [0.3, 0.4) is 0 Å². The van der Waals surface area contributed by atoms with Crippen LogP contribution in [0.25, 0.3) is 0 Å². The van der Waals surface area contributed by atoms with E-state index in [-0.39, 0.29) is 10.6 Å². The highest BCUT2D eigenvalue weighted by Gasteiger charge is 2.32. The number of sulfonamides is 1. The molecule has 0 unspecified atom stereocenters. The number of nitro benzene ring substituents is 1. The maximum absolute atomic E-state index is 12.4. The largest absolute Gasteiger partial charge is 0.393 e. The standard InChI is InChI=1S/C13H19N3O4S/c1-13(7-3-2-4-8-13)15-21(19,20)10-5-6-11(14)12(9-10)16(17)18/h5-6,9,15H,2-4,7-8,14H2,1H3. The number of nitrogens with zero attached hydrogens (tertiary/aromatic N) is 1. The fourth-order valence-corrected chi connectivity index (χ4v) is 4.15. The predicted octanol–water partition coefficient (Wildman–Crippen LogP) is 2.18. The molecule has 21 heavy (non-hydrogen) atoms. The molecule has 1 aliphatic rings. The lowest BCUT2D eigenvalue weighted by atomic mass is 9.84. The molecule has 0 saturated heterocycles. The van der Waals surface area contributed by atoms with Crippen molar-refractivity contribution in [1.82, 2.24) is 4.72 Å². The Hall–Kier alpha value is -1.67. The Morgan fingerprint density at radius 2 is 1.90 bits per heavy atom. The van der Waals surface area contributed by atoms with Crippen molar-refractivity contribution in [3.8, 4) is 0 Å². The first-order valence-corrected chi connectivity index (χ1v) is 8.30. The average Bonchev–Trinajstić information content (AvgIpc) is 2.38. The number of nitrogens with one attached hydrogen (secondary N) is 1. The van der Waals surface area contributed by atoms with Gasteiger partial charge >= 0.3 is 0 Å². The molecule has 0 radical (unpaired) electrons. The van der Waals surface area contributed by atoms with E-state index in [4.69, 9.17) is 5.73 Å². The molecule has 1 aromatic carbocycles. The molecule has 3 N–H and O–H groups in total. The highest BCUT2D eigenvalue weighted by atomic mass is 32.2. The lowest BCUT2D eigenvalue weighted by Gasteiger charge is -2.34. The molecule has 0 bridgehead atoms. The van der Waals surface area contributed by atoms with Crippen LogP contribution in [-0.4, -0.2) is 18.9 Å². The minimum Gasteiger partial charge on any atom is -0.393 e. The second-order valence-corrected chi connectivity index (χ2v) is 7.39. The summed E-state index contributed by atoms with van der Waals surface area (Å²) in [5.41, 5.74) is 4.54. The van der Waals surface area contributed by atoms with Crippen molar-refractivity contribution in [1.29, 1.82) is 0 Å². The van der Waals surface area contributed by atoms with E-state index in [1.54, 1.807) is 0 Å². The van der Waals surface area contributed by atoms with Crippen LogP contribution in [0.5, 0.6) is 0 Å². The summed E-state index contributed by atoms with van der Waals surface area (Å²) < 4.78 is 27.5. The lowest BCUT2D eigenvalue weighted by molar-refractivity contribution is -0.384. The van der Waals surface area contributed by atoms with Crippen LogP contribution in [0.15, 0.2) is 23.1 Å². The smallest absolute Gasteiger partial charge is 0.293 e. The SMILES string of the molecule is CC1(NS(=O)(=O)c2ccc(N)c([N+](=O)[O-])c2)CCCCC1. The van der Waals surface area contributed by atoms with Crippen LogP contribution in [0.4, 0.5) is 11.4 Å². The molecule has 1 aromatic rings. The third-order valence-electron chi connectivity index (χ3n) is 3.85. The van der Waals surface area contributed by atoms with E-state index < -0.39 is 26.2 Å². The molecule has 8 heteroatoms. The number of nitrogens with two attached hydrogens (primary N) is 1. The number of hydrogen-bond donors (Lipinski definition) is 2. The van der Waals surface area contributed by atoms with Gasteiger partial charge in [0.05, 0.1) is 9.82 Å². The Bertz CT molecular complexity index is 651. The normalized spacial score (nSPS) is 18.3. The molecule has 1 aliphatic carbocycles. The number of rotatable bonds is 4. The zero-order valence-corrected chi connectivity index (χ0v) is 12.6. The zero-order valence-electron chi connectivity index (χ0n) is 11.8. The third kappa shape index (κ3) is 3.51. The van der Waals surface area contributed by atoms with Gasteiger partial charge in [0.15, 0.2) is 0 Å². The molecule has 0 aromatic heterocycles. The quantitative estimate of drug-likeness (QED) is 0.502. The molecule has 116 valence electrons. The molecule has 2 rings (SSSR count). The van der Waals surface area contributed by atoms with Gasteiger partial charge in [0.25, 0.3) is 5.69 Å². The number of nitrogen functional groups attached to an aromatic ring is 1. The molecular weight excluding hydrogens is 294 g/mol. The number of nitro groups is 1. The summed E-state index contributed by atoms with van der Waals surface area (Å²) in [4.78, 5) is 10.1. The number of benzene rings is 1. The van der Waals surface area contributed by atoms with Crippen LogP contribution in [0, 0.1) is 10.1 Å². The Labute approximate surface area is 123 Å². The van der Waals surface area contributed by atoms with E-state index in [2.05, 4.69) is 4.72 Å². The van der Waals surface area contributed by atoms with Gasteiger partial charge in [0.2, 0.25) is 10.0 Å². The Morgan fingerprint density at radius 3 is 2.48 bits per heavy atom. The van der Waals surface area contributed by atoms with Crippen LogP contribution in [0.2, 0.25) is 0 Å². The molecule has 0 amide bonds. The molecule has 7 nitrogen and oxygen atoms in total. The van der Waals surface area contributed by atoms with Gasteiger partial charge in [-0.25, -0.2) is 13.1 Å². The zero-order chi connectivity index (χ0) is 15.7. The topological polar surface area (TPSA) is 115 Å². The summed E-state index contributed by atoms with van der Waals surface area (Å²) in [6.07, 6.45) is 4.58. The molecular formula is C13H19N3O4S. The van der Waals surface area contributed by atoms with Gasteiger partial charge in [-0.3, -0.25) is 10.1 Å². The summed E-state index contributed by atoms with van der Waals surface area (Å²) in [7, 11) is -3.80. The van der Waals surface area contributed by atoms with Gasteiger partial charge in [0, 0.05) is 11.6 Å². The van der Waals surface area contributed by atoms with Gasteiger partial charge in [-0.1, -0.05) is 19.3 Å². The fraction of sp³-hybridized carbons (Fsp3) is 0.538. The molecule has 0 atom stereocenters.